The Hall–Kier alpha value is -1.55. The highest BCUT2D eigenvalue weighted by atomic mass is 16.1. The Labute approximate surface area is 108 Å². The van der Waals surface area contributed by atoms with E-state index in [1.54, 1.807) is 12.1 Å². The van der Waals surface area contributed by atoms with Crippen molar-refractivity contribution in [2.24, 2.45) is 17.7 Å². The molecule has 18 heavy (non-hydrogen) atoms. The second-order valence-corrected chi connectivity index (χ2v) is 5.07. The second kappa shape index (κ2) is 5.87. The topological polar surface area (TPSA) is 67.2 Å². The lowest BCUT2D eigenvalue weighted by Gasteiger charge is -2.16. The molecule has 0 radical (unpaired) electrons. The molecule has 0 aliphatic heterocycles. The normalized spacial score (nSPS) is 22.8. The first-order valence-corrected chi connectivity index (χ1v) is 6.56. The van der Waals surface area contributed by atoms with Gasteiger partial charge in [0.05, 0.1) is 11.3 Å². The zero-order valence-corrected chi connectivity index (χ0v) is 10.8. The predicted molar refractivity (Wildman–Crippen MR) is 73.1 cm³/mol. The first kappa shape index (κ1) is 12.9. The van der Waals surface area contributed by atoms with Gasteiger partial charge in [0, 0.05) is 6.54 Å². The average molecular weight is 247 g/mol. The van der Waals surface area contributed by atoms with Gasteiger partial charge in [0.25, 0.3) is 5.91 Å². The molecule has 4 nitrogen and oxygen atoms in total. The number of hydrazine groups is 1. The van der Waals surface area contributed by atoms with Crippen LogP contribution in [-0.2, 0) is 0 Å². The maximum absolute atomic E-state index is 12.1. The van der Waals surface area contributed by atoms with Gasteiger partial charge < -0.3 is 10.7 Å². The smallest absolute Gasteiger partial charge is 0.253 e. The highest BCUT2D eigenvalue weighted by Crippen LogP contribution is 2.30. The lowest BCUT2D eigenvalue weighted by atomic mass is 9.98. The van der Waals surface area contributed by atoms with Crippen LogP contribution in [-0.4, -0.2) is 12.5 Å². The summed E-state index contributed by atoms with van der Waals surface area (Å²) in [5.41, 5.74) is 3.82. The number of rotatable bonds is 4. The fourth-order valence-electron chi connectivity index (χ4n) is 2.65. The Bertz CT molecular complexity index is 419. The second-order valence-electron chi connectivity index (χ2n) is 5.07. The molecule has 0 spiro atoms. The number of nitrogens with two attached hydrogens (primary N) is 1. The van der Waals surface area contributed by atoms with Crippen LogP contribution in [0.5, 0.6) is 0 Å². The highest BCUT2D eigenvalue weighted by molar-refractivity contribution is 5.99. The molecule has 1 aliphatic rings. The lowest BCUT2D eigenvalue weighted by molar-refractivity contribution is 0.0945. The van der Waals surface area contributed by atoms with E-state index in [0.29, 0.717) is 23.1 Å². The molecule has 1 aromatic rings. The summed E-state index contributed by atoms with van der Waals surface area (Å²) in [6, 6.07) is 7.27. The number of hydrogen-bond donors (Lipinski definition) is 3. The largest absolute Gasteiger partial charge is 0.352 e. The van der Waals surface area contributed by atoms with Gasteiger partial charge in [0.15, 0.2) is 0 Å². The minimum Gasteiger partial charge on any atom is -0.352 e. The zero-order chi connectivity index (χ0) is 13.0. The van der Waals surface area contributed by atoms with E-state index in [-0.39, 0.29) is 5.91 Å². The van der Waals surface area contributed by atoms with Crippen molar-refractivity contribution >= 4 is 11.6 Å². The summed E-state index contributed by atoms with van der Waals surface area (Å²) in [5.74, 6) is 6.68. The summed E-state index contributed by atoms with van der Waals surface area (Å²) >= 11 is 0. The number of nitrogen functional groups attached to an aromatic ring is 1. The fourth-order valence-corrected chi connectivity index (χ4v) is 2.65. The van der Waals surface area contributed by atoms with Gasteiger partial charge in [0.1, 0.15) is 0 Å². The summed E-state index contributed by atoms with van der Waals surface area (Å²) in [6.07, 6.45) is 3.78. The number of carbonyl (C=O) groups excluding carboxylic acids is 1. The van der Waals surface area contributed by atoms with Gasteiger partial charge in [-0.25, -0.2) is 0 Å². The van der Waals surface area contributed by atoms with E-state index in [0.717, 1.165) is 6.54 Å². The summed E-state index contributed by atoms with van der Waals surface area (Å²) in [4.78, 5) is 12.1. The van der Waals surface area contributed by atoms with Gasteiger partial charge in [-0.3, -0.25) is 10.6 Å². The fraction of sp³-hybridized carbons (Fsp3) is 0.500. The molecule has 0 bridgehead atoms. The third-order valence-electron chi connectivity index (χ3n) is 3.89. The molecule has 1 amide bonds. The molecule has 0 aromatic heterocycles. The Kier molecular flexibility index (Phi) is 4.20. The summed E-state index contributed by atoms with van der Waals surface area (Å²) < 4.78 is 0. The van der Waals surface area contributed by atoms with Crippen LogP contribution in [0.15, 0.2) is 24.3 Å². The molecular weight excluding hydrogens is 226 g/mol. The number of carbonyl (C=O) groups is 1. The van der Waals surface area contributed by atoms with Gasteiger partial charge in [-0.2, -0.15) is 0 Å². The van der Waals surface area contributed by atoms with E-state index in [1.165, 1.54) is 19.3 Å². The maximum atomic E-state index is 12.1. The van der Waals surface area contributed by atoms with Crippen LogP contribution in [0.2, 0.25) is 0 Å². The molecule has 2 rings (SSSR count). The molecule has 1 aromatic carbocycles. The molecule has 0 saturated heterocycles. The minimum atomic E-state index is -0.0531. The lowest BCUT2D eigenvalue weighted by Crippen LogP contribution is -2.31. The van der Waals surface area contributed by atoms with Crippen LogP contribution >= 0.6 is 0 Å². The average Bonchev–Trinajstić information content (AvgIpc) is 2.81. The van der Waals surface area contributed by atoms with Gasteiger partial charge in [-0.1, -0.05) is 31.9 Å². The molecule has 2 atom stereocenters. The van der Waals surface area contributed by atoms with E-state index in [4.69, 9.17) is 5.84 Å². The number of para-hydroxylation sites is 1. The predicted octanol–water partition coefficient (Wildman–Crippen LogP) is 2.14. The Morgan fingerprint density at radius 2 is 2.17 bits per heavy atom. The van der Waals surface area contributed by atoms with Crippen molar-refractivity contribution in [2.45, 2.75) is 26.2 Å². The maximum Gasteiger partial charge on any atom is 0.253 e. The molecule has 4 heteroatoms. The monoisotopic (exact) mass is 247 g/mol. The SMILES string of the molecule is CC1CCCC1CNC(=O)c1ccccc1NN. The first-order chi connectivity index (χ1) is 8.72. The van der Waals surface area contributed by atoms with Crippen molar-refractivity contribution in [1.82, 2.24) is 5.32 Å². The van der Waals surface area contributed by atoms with E-state index in [9.17, 15) is 4.79 Å². The number of benzene rings is 1. The van der Waals surface area contributed by atoms with Crippen LogP contribution < -0.4 is 16.6 Å². The van der Waals surface area contributed by atoms with Crippen LogP contribution in [0.1, 0.15) is 36.5 Å². The van der Waals surface area contributed by atoms with Gasteiger partial charge >= 0.3 is 0 Å². The molecule has 2 unspecified atom stereocenters. The Morgan fingerprint density at radius 3 is 2.83 bits per heavy atom. The van der Waals surface area contributed by atoms with Crippen molar-refractivity contribution in [2.75, 3.05) is 12.0 Å². The Morgan fingerprint density at radius 1 is 1.39 bits per heavy atom. The third-order valence-corrected chi connectivity index (χ3v) is 3.89. The van der Waals surface area contributed by atoms with Crippen LogP contribution in [0.25, 0.3) is 0 Å². The van der Waals surface area contributed by atoms with Gasteiger partial charge in [0.2, 0.25) is 0 Å². The summed E-state index contributed by atoms with van der Waals surface area (Å²) in [5, 5.41) is 3.01. The number of hydrogen-bond acceptors (Lipinski definition) is 3. The molecular formula is C14H21N3O. The van der Waals surface area contributed by atoms with Crippen molar-refractivity contribution in [3.63, 3.8) is 0 Å². The molecule has 1 aliphatic carbocycles. The molecule has 4 N–H and O–H groups in total. The number of amides is 1. The van der Waals surface area contributed by atoms with Crippen molar-refractivity contribution in [3.8, 4) is 0 Å². The van der Waals surface area contributed by atoms with Crippen LogP contribution in [0, 0.1) is 11.8 Å². The quantitative estimate of drug-likeness (QED) is 0.564. The third kappa shape index (κ3) is 2.82. The van der Waals surface area contributed by atoms with E-state index < -0.39 is 0 Å². The van der Waals surface area contributed by atoms with Crippen molar-refractivity contribution in [1.29, 1.82) is 0 Å². The number of nitrogens with one attached hydrogen (secondary N) is 2. The molecule has 0 heterocycles. The zero-order valence-electron chi connectivity index (χ0n) is 10.8. The van der Waals surface area contributed by atoms with E-state index >= 15 is 0 Å². The van der Waals surface area contributed by atoms with Crippen molar-refractivity contribution < 1.29 is 4.79 Å². The highest BCUT2D eigenvalue weighted by Gasteiger charge is 2.23. The standard InChI is InChI=1S/C14H21N3O/c1-10-5-4-6-11(10)9-16-14(18)12-7-2-3-8-13(12)17-15/h2-3,7-8,10-11,17H,4-6,9,15H2,1H3,(H,16,18). The summed E-state index contributed by atoms with van der Waals surface area (Å²) in [6.45, 7) is 3.03. The molecule has 1 saturated carbocycles. The Balaban J connectivity index is 1.95. The molecule has 1 fully saturated rings. The van der Waals surface area contributed by atoms with Gasteiger partial charge in [-0.05, 0) is 30.4 Å². The van der Waals surface area contributed by atoms with E-state index in [1.807, 2.05) is 12.1 Å². The van der Waals surface area contributed by atoms with Crippen LogP contribution in [0.3, 0.4) is 0 Å². The van der Waals surface area contributed by atoms with Crippen LogP contribution in [0.4, 0.5) is 5.69 Å². The number of anilines is 1. The summed E-state index contributed by atoms with van der Waals surface area (Å²) in [7, 11) is 0. The van der Waals surface area contributed by atoms with Crippen molar-refractivity contribution in [3.05, 3.63) is 29.8 Å². The molecule has 98 valence electrons. The first-order valence-electron chi connectivity index (χ1n) is 6.56. The van der Waals surface area contributed by atoms with E-state index in [2.05, 4.69) is 17.7 Å². The van der Waals surface area contributed by atoms with Gasteiger partial charge in [-0.15, -0.1) is 0 Å². The minimum absolute atomic E-state index is 0.0531.